The molecule has 1 aliphatic carbocycles. The maximum absolute atomic E-state index is 12.9. The lowest BCUT2D eigenvalue weighted by atomic mass is 9.91. The number of hydrogen-bond acceptors (Lipinski definition) is 6. The molecule has 5 rings (SSSR count). The van der Waals surface area contributed by atoms with E-state index in [0.29, 0.717) is 37.0 Å². The number of carbonyl (C=O) groups is 1. The number of pyridine rings is 1. The fourth-order valence-electron chi connectivity index (χ4n) is 3.94. The number of amides is 1. The number of likely N-dealkylation sites (tertiary alicyclic amines) is 1. The van der Waals surface area contributed by atoms with E-state index >= 15 is 0 Å². The van der Waals surface area contributed by atoms with Crippen molar-refractivity contribution in [3.8, 4) is 5.69 Å². The topological polar surface area (TPSA) is 106 Å². The van der Waals surface area contributed by atoms with Gasteiger partial charge >= 0.3 is 0 Å². The van der Waals surface area contributed by atoms with Crippen LogP contribution < -0.4 is 5.56 Å². The highest BCUT2D eigenvalue weighted by Crippen LogP contribution is 2.33. The van der Waals surface area contributed by atoms with Gasteiger partial charge in [0.25, 0.3) is 5.56 Å². The molecule has 4 heterocycles. The van der Waals surface area contributed by atoms with Crippen LogP contribution in [0.3, 0.4) is 0 Å². The average Bonchev–Trinajstić information content (AvgIpc) is 3.50. The second kappa shape index (κ2) is 6.77. The zero-order valence-corrected chi connectivity index (χ0v) is 15.9. The highest BCUT2D eigenvalue weighted by molar-refractivity contribution is 5.81. The van der Waals surface area contributed by atoms with E-state index in [4.69, 9.17) is 0 Å². The van der Waals surface area contributed by atoms with Crippen molar-refractivity contribution < 1.29 is 9.90 Å². The Kier molecular flexibility index (Phi) is 4.20. The van der Waals surface area contributed by atoms with Gasteiger partial charge in [0.15, 0.2) is 5.65 Å². The number of fused-ring (bicyclic) bond motifs is 1. The third kappa shape index (κ3) is 3.31. The molecule has 1 saturated carbocycles. The minimum Gasteiger partial charge on any atom is -0.388 e. The lowest BCUT2D eigenvalue weighted by molar-refractivity contribution is -0.137. The monoisotopic (exact) mass is 394 g/mol. The molecule has 9 heteroatoms. The lowest BCUT2D eigenvalue weighted by Crippen LogP contribution is -2.50. The van der Waals surface area contributed by atoms with E-state index in [-0.39, 0.29) is 23.9 Å². The van der Waals surface area contributed by atoms with Crippen LogP contribution in [0.2, 0.25) is 0 Å². The fraction of sp³-hybridized carbons (Fsp3) is 0.450. The number of piperidine rings is 1. The van der Waals surface area contributed by atoms with Crippen molar-refractivity contribution in [2.24, 2.45) is 5.92 Å². The summed E-state index contributed by atoms with van der Waals surface area (Å²) in [5.74, 6) is 0.392. The van der Waals surface area contributed by atoms with Gasteiger partial charge in [-0.1, -0.05) is 0 Å². The SMILES string of the molecule is O=C(C1CC1)N1CCC(O)(Cn2cnc3c(cnn3-c3ccncc3)c2=O)CC1. The summed E-state index contributed by atoms with van der Waals surface area (Å²) in [7, 11) is 0. The van der Waals surface area contributed by atoms with E-state index < -0.39 is 5.60 Å². The number of hydrogen-bond donors (Lipinski definition) is 1. The number of nitrogens with zero attached hydrogens (tertiary/aromatic N) is 6. The third-order valence-electron chi connectivity index (χ3n) is 5.86. The molecule has 29 heavy (non-hydrogen) atoms. The van der Waals surface area contributed by atoms with Crippen molar-refractivity contribution in [2.45, 2.75) is 37.8 Å². The van der Waals surface area contributed by atoms with E-state index in [0.717, 1.165) is 18.5 Å². The van der Waals surface area contributed by atoms with Crippen molar-refractivity contribution in [3.05, 3.63) is 47.4 Å². The van der Waals surface area contributed by atoms with Crippen LogP contribution in [0.1, 0.15) is 25.7 Å². The van der Waals surface area contributed by atoms with Crippen molar-refractivity contribution in [1.82, 2.24) is 29.2 Å². The van der Waals surface area contributed by atoms with Crippen LogP contribution in [0.15, 0.2) is 41.8 Å². The van der Waals surface area contributed by atoms with Gasteiger partial charge in [-0.15, -0.1) is 0 Å². The number of aromatic nitrogens is 5. The first-order valence-corrected chi connectivity index (χ1v) is 9.89. The molecule has 1 amide bonds. The predicted octanol–water partition coefficient (Wildman–Crippen LogP) is 0.741. The molecular formula is C20H22N6O3. The van der Waals surface area contributed by atoms with Gasteiger partial charge in [-0.2, -0.15) is 5.10 Å². The van der Waals surface area contributed by atoms with Crippen molar-refractivity contribution in [3.63, 3.8) is 0 Å². The summed E-state index contributed by atoms with van der Waals surface area (Å²) in [6.07, 6.45) is 9.13. The normalized spacial score (nSPS) is 18.9. The highest BCUT2D eigenvalue weighted by atomic mass is 16.3. The first-order valence-electron chi connectivity index (χ1n) is 9.89. The maximum Gasteiger partial charge on any atom is 0.264 e. The third-order valence-corrected chi connectivity index (χ3v) is 5.86. The van der Waals surface area contributed by atoms with Gasteiger partial charge < -0.3 is 10.0 Å². The molecule has 2 aliphatic rings. The van der Waals surface area contributed by atoms with Gasteiger partial charge in [-0.05, 0) is 37.8 Å². The molecule has 0 spiro atoms. The number of rotatable bonds is 4. The smallest absolute Gasteiger partial charge is 0.264 e. The molecule has 9 nitrogen and oxygen atoms in total. The Bertz CT molecular complexity index is 1110. The van der Waals surface area contributed by atoms with E-state index in [1.54, 1.807) is 29.2 Å². The number of carbonyl (C=O) groups excluding carboxylic acids is 1. The molecule has 1 aliphatic heterocycles. The van der Waals surface area contributed by atoms with Gasteiger partial charge in [0.2, 0.25) is 5.91 Å². The molecule has 3 aromatic rings. The molecule has 150 valence electrons. The fourth-order valence-corrected chi connectivity index (χ4v) is 3.94. The summed E-state index contributed by atoms with van der Waals surface area (Å²) in [5, 5.41) is 15.7. The maximum atomic E-state index is 12.9. The molecule has 0 radical (unpaired) electrons. The van der Waals surface area contributed by atoms with E-state index in [1.165, 1.54) is 17.1 Å². The van der Waals surface area contributed by atoms with Crippen LogP contribution >= 0.6 is 0 Å². The Morgan fingerprint density at radius 3 is 2.62 bits per heavy atom. The van der Waals surface area contributed by atoms with Gasteiger partial charge in [0, 0.05) is 31.4 Å². The predicted molar refractivity (Wildman–Crippen MR) is 104 cm³/mol. The molecule has 0 bridgehead atoms. The van der Waals surface area contributed by atoms with E-state index in [1.807, 2.05) is 4.90 Å². The van der Waals surface area contributed by atoms with E-state index in [9.17, 15) is 14.7 Å². The molecular weight excluding hydrogens is 372 g/mol. The standard InChI is InChI=1S/C20H22N6O3/c27-18(14-1-2-14)24-9-5-20(29,6-10-24)12-25-13-22-17-16(19(25)28)11-23-26(17)15-3-7-21-8-4-15/h3-4,7-8,11,13-14,29H,1-2,5-6,9-10,12H2. The largest absolute Gasteiger partial charge is 0.388 e. The summed E-state index contributed by atoms with van der Waals surface area (Å²) >= 11 is 0. The second-order valence-electron chi connectivity index (χ2n) is 8.00. The lowest BCUT2D eigenvalue weighted by Gasteiger charge is -2.38. The van der Waals surface area contributed by atoms with Gasteiger partial charge in [-0.3, -0.25) is 19.1 Å². The Balaban J connectivity index is 1.36. The van der Waals surface area contributed by atoms with Crippen LogP contribution in [0, 0.1) is 5.92 Å². The van der Waals surface area contributed by atoms with Gasteiger partial charge in [-0.25, -0.2) is 9.67 Å². The zero-order valence-electron chi connectivity index (χ0n) is 15.9. The molecule has 2 fully saturated rings. The van der Waals surface area contributed by atoms with Crippen LogP contribution in [0.25, 0.3) is 16.7 Å². The minimum absolute atomic E-state index is 0.153. The van der Waals surface area contributed by atoms with Gasteiger partial charge in [0.05, 0.1) is 24.0 Å². The molecule has 0 unspecified atom stereocenters. The molecule has 3 aromatic heterocycles. The second-order valence-corrected chi connectivity index (χ2v) is 8.00. The molecule has 1 saturated heterocycles. The average molecular weight is 394 g/mol. The zero-order chi connectivity index (χ0) is 20.0. The van der Waals surface area contributed by atoms with Crippen LogP contribution in [0.4, 0.5) is 0 Å². The Morgan fingerprint density at radius 1 is 1.21 bits per heavy atom. The summed E-state index contributed by atoms with van der Waals surface area (Å²) in [6, 6.07) is 3.58. The van der Waals surface area contributed by atoms with Gasteiger partial charge in [0.1, 0.15) is 11.7 Å². The summed E-state index contributed by atoms with van der Waals surface area (Å²) in [5.41, 5.74) is -0.0267. The summed E-state index contributed by atoms with van der Waals surface area (Å²) < 4.78 is 3.04. The minimum atomic E-state index is -1.03. The van der Waals surface area contributed by atoms with Crippen molar-refractivity contribution in [2.75, 3.05) is 13.1 Å². The molecule has 1 N–H and O–H groups in total. The molecule has 0 aromatic carbocycles. The summed E-state index contributed by atoms with van der Waals surface area (Å²) in [6.45, 7) is 1.20. The first-order chi connectivity index (χ1) is 14.0. The van der Waals surface area contributed by atoms with Crippen LogP contribution in [0.5, 0.6) is 0 Å². The Labute approximate surface area is 166 Å². The van der Waals surface area contributed by atoms with Crippen LogP contribution in [-0.4, -0.2) is 58.9 Å². The highest BCUT2D eigenvalue weighted by Gasteiger charge is 2.39. The van der Waals surface area contributed by atoms with Crippen molar-refractivity contribution in [1.29, 1.82) is 0 Å². The quantitative estimate of drug-likeness (QED) is 0.700. The summed E-state index contributed by atoms with van der Waals surface area (Å²) in [4.78, 5) is 35.4. The molecule has 0 atom stereocenters. The Hall–Kier alpha value is -3.07. The number of aliphatic hydroxyl groups is 1. The van der Waals surface area contributed by atoms with Crippen LogP contribution in [-0.2, 0) is 11.3 Å². The first kappa shape index (κ1) is 18.0. The van der Waals surface area contributed by atoms with E-state index in [2.05, 4.69) is 15.1 Å². The van der Waals surface area contributed by atoms with Crippen molar-refractivity contribution >= 4 is 16.9 Å². The Morgan fingerprint density at radius 2 is 1.93 bits per heavy atom.